The first-order valence-corrected chi connectivity index (χ1v) is 8.34. The lowest BCUT2D eigenvalue weighted by atomic mass is 9.92. The molecule has 0 aliphatic carbocycles. The minimum Gasteiger partial charge on any atom is -0.454 e. The second-order valence-corrected chi connectivity index (χ2v) is 5.84. The molecule has 3 nitrogen and oxygen atoms in total. The average molecular weight is 308 g/mol. The Bertz CT molecular complexity index is 721. The van der Waals surface area contributed by atoms with Gasteiger partial charge in [-0.2, -0.15) is 0 Å². The van der Waals surface area contributed by atoms with Crippen molar-refractivity contribution in [3.05, 3.63) is 59.7 Å². The van der Waals surface area contributed by atoms with Crippen molar-refractivity contribution >= 4 is 11.3 Å². The maximum absolute atomic E-state index is 6.13. The van der Waals surface area contributed by atoms with E-state index in [1.807, 2.05) is 24.3 Å². The van der Waals surface area contributed by atoms with Crippen LogP contribution in [0.3, 0.4) is 0 Å². The zero-order chi connectivity index (χ0) is 16.2. The second-order valence-electron chi connectivity index (χ2n) is 5.84. The standard InChI is InChI=1S/C20H24N2O/c1-3-14(22-4-2)12-13-15-16-8-5-6-11-19(16)23-20-17(15)9-7-10-18(20)21/h5-11,13-14,22H,3-4,12,21H2,1-2H3/b15-13+. The second kappa shape index (κ2) is 6.88. The highest BCUT2D eigenvalue weighted by atomic mass is 16.5. The Kier molecular flexibility index (Phi) is 4.68. The lowest BCUT2D eigenvalue weighted by Gasteiger charge is -2.24. The third-order valence-electron chi connectivity index (χ3n) is 4.32. The smallest absolute Gasteiger partial charge is 0.158 e. The van der Waals surface area contributed by atoms with Crippen molar-refractivity contribution in [2.75, 3.05) is 12.3 Å². The van der Waals surface area contributed by atoms with E-state index in [1.165, 1.54) is 5.57 Å². The lowest BCUT2D eigenvalue weighted by Crippen LogP contribution is -2.27. The summed E-state index contributed by atoms with van der Waals surface area (Å²) in [6.45, 7) is 5.36. The molecule has 2 aromatic carbocycles. The van der Waals surface area contributed by atoms with Crippen LogP contribution in [-0.4, -0.2) is 12.6 Å². The Labute approximate surface area is 138 Å². The van der Waals surface area contributed by atoms with Crippen molar-refractivity contribution in [3.63, 3.8) is 0 Å². The molecule has 3 N–H and O–H groups in total. The van der Waals surface area contributed by atoms with Gasteiger partial charge in [-0.15, -0.1) is 0 Å². The minimum atomic E-state index is 0.493. The summed E-state index contributed by atoms with van der Waals surface area (Å²) in [5.41, 5.74) is 10.2. The van der Waals surface area contributed by atoms with Crippen LogP contribution in [0.1, 0.15) is 37.8 Å². The molecule has 0 fully saturated rings. The van der Waals surface area contributed by atoms with Gasteiger partial charge in [-0.05, 0) is 37.1 Å². The van der Waals surface area contributed by atoms with Crippen LogP contribution in [0.25, 0.3) is 5.57 Å². The minimum absolute atomic E-state index is 0.493. The number of para-hydroxylation sites is 2. The predicted octanol–water partition coefficient (Wildman–Crippen LogP) is 4.58. The van der Waals surface area contributed by atoms with Crippen LogP contribution in [0, 0.1) is 0 Å². The van der Waals surface area contributed by atoms with Gasteiger partial charge in [-0.3, -0.25) is 0 Å². The Hall–Kier alpha value is -2.26. The molecule has 3 rings (SSSR count). The van der Waals surface area contributed by atoms with Crippen LogP contribution < -0.4 is 15.8 Å². The van der Waals surface area contributed by atoms with Gasteiger partial charge in [0.05, 0.1) is 5.69 Å². The number of hydrogen-bond donors (Lipinski definition) is 2. The Balaban J connectivity index is 2.03. The number of nitrogens with two attached hydrogens (primary N) is 1. The van der Waals surface area contributed by atoms with Crippen molar-refractivity contribution in [2.24, 2.45) is 0 Å². The summed E-state index contributed by atoms with van der Waals surface area (Å²) in [7, 11) is 0. The number of rotatable bonds is 5. The third-order valence-corrected chi connectivity index (χ3v) is 4.32. The summed E-state index contributed by atoms with van der Waals surface area (Å²) in [4.78, 5) is 0. The topological polar surface area (TPSA) is 47.3 Å². The highest BCUT2D eigenvalue weighted by Crippen LogP contribution is 2.46. The molecule has 1 unspecified atom stereocenters. The molecule has 0 saturated carbocycles. The fraction of sp³-hybridized carbons (Fsp3) is 0.300. The Morgan fingerprint density at radius 1 is 1.09 bits per heavy atom. The van der Waals surface area contributed by atoms with Gasteiger partial charge >= 0.3 is 0 Å². The van der Waals surface area contributed by atoms with E-state index in [-0.39, 0.29) is 0 Å². The summed E-state index contributed by atoms with van der Waals surface area (Å²) >= 11 is 0. The molecule has 0 aromatic heterocycles. The van der Waals surface area contributed by atoms with Crippen molar-refractivity contribution in [1.29, 1.82) is 0 Å². The molecule has 0 bridgehead atoms. The Morgan fingerprint density at radius 2 is 1.87 bits per heavy atom. The molecule has 1 heterocycles. The van der Waals surface area contributed by atoms with E-state index in [2.05, 4.69) is 43.4 Å². The van der Waals surface area contributed by atoms with Crippen LogP contribution >= 0.6 is 0 Å². The van der Waals surface area contributed by atoms with E-state index < -0.39 is 0 Å². The van der Waals surface area contributed by atoms with Gasteiger partial charge in [-0.25, -0.2) is 0 Å². The van der Waals surface area contributed by atoms with E-state index in [0.717, 1.165) is 42.0 Å². The molecule has 0 saturated heterocycles. The molecule has 23 heavy (non-hydrogen) atoms. The zero-order valence-corrected chi connectivity index (χ0v) is 13.8. The predicted molar refractivity (Wildman–Crippen MR) is 96.8 cm³/mol. The number of nitrogen functional groups attached to an aromatic ring is 1. The first-order valence-electron chi connectivity index (χ1n) is 8.34. The summed E-state index contributed by atoms with van der Waals surface area (Å²) in [6, 6.07) is 14.6. The SMILES string of the molecule is CCNC(CC)C/C=C1\c2ccccc2Oc2c(N)cccc21. The fourth-order valence-corrected chi connectivity index (χ4v) is 3.08. The van der Waals surface area contributed by atoms with E-state index in [9.17, 15) is 0 Å². The van der Waals surface area contributed by atoms with E-state index in [1.54, 1.807) is 0 Å². The summed E-state index contributed by atoms with van der Waals surface area (Å²) in [5.74, 6) is 1.65. The molecule has 120 valence electrons. The molecule has 0 spiro atoms. The monoisotopic (exact) mass is 308 g/mol. The number of hydrogen-bond acceptors (Lipinski definition) is 3. The lowest BCUT2D eigenvalue weighted by molar-refractivity contribution is 0.476. The van der Waals surface area contributed by atoms with Gasteiger partial charge in [0.25, 0.3) is 0 Å². The largest absolute Gasteiger partial charge is 0.454 e. The number of ether oxygens (including phenoxy) is 1. The van der Waals surface area contributed by atoms with Gasteiger partial charge in [0.2, 0.25) is 0 Å². The highest BCUT2D eigenvalue weighted by Gasteiger charge is 2.23. The molecule has 0 amide bonds. The third kappa shape index (κ3) is 3.10. The summed E-state index contributed by atoms with van der Waals surface area (Å²) in [6.07, 6.45) is 4.41. The highest BCUT2D eigenvalue weighted by molar-refractivity contribution is 5.90. The van der Waals surface area contributed by atoms with E-state index >= 15 is 0 Å². The van der Waals surface area contributed by atoms with E-state index in [4.69, 9.17) is 10.5 Å². The molecule has 1 atom stereocenters. The zero-order valence-electron chi connectivity index (χ0n) is 13.8. The van der Waals surface area contributed by atoms with Crippen molar-refractivity contribution < 1.29 is 4.74 Å². The van der Waals surface area contributed by atoms with Crippen molar-refractivity contribution in [1.82, 2.24) is 5.32 Å². The summed E-state index contributed by atoms with van der Waals surface area (Å²) in [5, 5.41) is 3.53. The molecule has 2 aromatic rings. The molecule has 1 aliphatic heterocycles. The fourth-order valence-electron chi connectivity index (χ4n) is 3.08. The maximum atomic E-state index is 6.13. The van der Waals surface area contributed by atoms with Gasteiger partial charge in [0.1, 0.15) is 5.75 Å². The van der Waals surface area contributed by atoms with Crippen molar-refractivity contribution in [2.45, 2.75) is 32.7 Å². The molecular weight excluding hydrogens is 284 g/mol. The van der Waals surface area contributed by atoms with Crippen LogP contribution in [0.4, 0.5) is 5.69 Å². The van der Waals surface area contributed by atoms with Crippen LogP contribution in [0.15, 0.2) is 48.5 Å². The first kappa shape index (κ1) is 15.6. The van der Waals surface area contributed by atoms with Crippen LogP contribution in [-0.2, 0) is 0 Å². The van der Waals surface area contributed by atoms with Gasteiger partial charge in [0.15, 0.2) is 5.75 Å². The first-order chi connectivity index (χ1) is 11.2. The normalized spacial score (nSPS) is 15.7. The molecular formula is C20H24N2O. The van der Waals surface area contributed by atoms with E-state index in [0.29, 0.717) is 11.7 Å². The number of benzene rings is 2. The van der Waals surface area contributed by atoms with Crippen LogP contribution in [0.2, 0.25) is 0 Å². The van der Waals surface area contributed by atoms with Crippen LogP contribution in [0.5, 0.6) is 11.5 Å². The molecule has 3 heteroatoms. The quantitative estimate of drug-likeness (QED) is 0.678. The molecule has 0 radical (unpaired) electrons. The van der Waals surface area contributed by atoms with Gasteiger partial charge in [-0.1, -0.05) is 50.3 Å². The number of fused-ring (bicyclic) bond motifs is 2. The molecule has 1 aliphatic rings. The summed E-state index contributed by atoms with van der Waals surface area (Å²) < 4.78 is 6.04. The average Bonchev–Trinajstić information content (AvgIpc) is 2.58. The Morgan fingerprint density at radius 3 is 2.65 bits per heavy atom. The number of anilines is 1. The number of nitrogens with one attached hydrogen (secondary N) is 1. The van der Waals surface area contributed by atoms with Gasteiger partial charge in [0, 0.05) is 17.2 Å². The van der Waals surface area contributed by atoms with Gasteiger partial charge < -0.3 is 15.8 Å². The van der Waals surface area contributed by atoms with Crippen molar-refractivity contribution in [3.8, 4) is 11.5 Å². The maximum Gasteiger partial charge on any atom is 0.158 e.